The number of ether oxygens (including phenoxy) is 2. The minimum Gasteiger partial charge on any atom is -0.381 e. The number of aromatic nitrogens is 4. The summed E-state index contributed by atoms with van der Waals surface area (Å²) < 4.78 is 14.2. The maximum Gasteiger partial charge on any atom is 0.274 e. The average molecular weight is 496 g/mol. The molecule has 3 heterocycles. The maximum atomic E-state index is 13.2. The molecule has 2 saturated carbocycles. The maximum absolute atomic E-state index is 13.2. The first-order chi connectivity index (χ1) is 17.5. The minimum absolute atomic E-state index is 0.0447. The Bertz CT molecular complexity index is 1300. The summed E-state index contributed by atoms with van der Waals surface area (Å²) in [4.78, 5) is 31.0. The monoisotopic (exact) mass is 495 g/mol. The molecule has 2 fully saturated rings. The molecular formula is C25H33N7O4. The molecule has 0 bridgehead atoms. The molecule has 5 rings (SSSR count). The zero-order valence-corrected chi connectivity index (χ0v) is 20.9. The second kappa shape index (κ2) is 10.3. The molecule has 2 aliphatic carbocycles. The first-order valence-electron chi connectivity index (χ1n) is 12.4. The molecule has 11 heteroatoms. The smallest absolute Gasteiger partial charge is 0.274 e. The van der Waals surface area contributed by atoms with Gasteiger partial charge < -0.3 is 30.0 Å². The number of amides is 1. The molecule has 0 aliphatic heterocycles. The number of methoxy groups -OCH3 is 2. The summed E-state index contributed by atoms with van der Waals surface area (Å²) in [6, 6.07) is 5.50. The quantitative estimate of drug-likeness (QED) is 0.436. The van der Waals surface area contributed by atoms with Crippen molar-refractivity contribution in [1.82, 2.24) is 24.5 Å². The van der Waals surface area contributed by atoms with Crippen molar-refractivity contribution in [3.63, 3.8) is 0 Å². The van der Waals surface area contributed by atoms with E-state index in [1.54, 1.807) is 48.7 Å². The third kappa shape index (κ3) is 4.68. The standard InChI is InChI=1S/C25H33N7O4/c1-26-22-13-21(29-20-8-5-9-31(25(20)34)16-11-18(12-16)36-3)30-23-19(14-27-32(22)23)24(33)28-15-6-4-7-17(10-15)35-2/h5,8-9,13-18,26H,4,6-7,10-12H2,1-3H3,(H,28,33)(H,29,30)/t15?,16-,17-,18-/m0/s1. The summed E-state index contributed by atoms with van der Waals surface area (Å²) in [7, 11) is 5.17. The van der Waals surface area contributed by atoms with Crippen molar-refractivity contribution in [2.75, 3.05) is 31.9 Å². The van der Waals surface area contributed by atoms with Crippen LogP contribution in [-0.2, 0) is 9.47 Å². The highest BCUT2D eigenvalue weighted by Gasteiger charge is 2.31. The molecule has 0 aromatic carbocycles. The van der Waals surface area contributed by atoms with Gasteiger partial charge in [0.25, 0.3) is 11.5 Å². The molecular weight excluding hydrogens is 462 g/mol. The molecule has 36 heavy (non-hydrogen) atoms. The van der Waals surface area contributed by atoms with Crippen LogP contribution in [0.5, 0.6) is 0 Å². The summed E-state index contributed by atoms with van der Waals surface area (Å²) in [6.45, 7) is 0. The Balaban J connectivity index is 1.40. The predicted octanol–water partition coefficient (Wildman–Crippen LogP) is 2.71. The first-order valence-corrected chi connectivity index (χ1v) is 12.4. The van der Waals surface area contributed by atoms with Crippen molar-refractivity contribution in [2.45, 2.75) is 62.8 Å². The lowest BCUT2D eigenvalue weighted by Gasteiger charge is -2.35. The van der Waals surface area contributed by atoms with Gasteiger partial charge in [-0.05, 0) is 50.7 Å². The van der Waals surface area contributed by atoms with E-state index in [4.69, 9.17) is 9.47 Å². The zero-order valence-electron chi connectivity index (χ0n) is 20.9. The fraction of sp³-hybridized carbons (Fsp3) is 0.520. The second-order valence-electron chi connectivity index (χ2n) is 9.51. The third-order valence-corrected chi connectivity index (χ3v) is 7.30. The molecule has 3 aromatic rings. The lowest BCUT2D eigenvalue weighted by Crippen LogP contribution is -2.40. The molecule has 1 amide bonds. The number of rotatable bonds is 8. The lowest BCUT2D eigenvalue weighted by molar-refractivity contribution is 0.00522. The number of carbonyl (C=O) groups excluding carboxylic acids is 1. The molecule has 3 N–H and O–H groups in total. The van der Waals surface area contributed by atoms with Crippen LogP contribution < -0.4 is 21.5 Å². The minimum atomic E-state index is -0.224. The Hall–Kier alpha value is -3.44. The van der Waals surface area contributed by atoms with Crippen molar-refractivity contribution in [2.24, 2.45) is 0 Å². The van der Waals surface area contributed by atoms with Gasteiger partial charge in [0.15, 0.2) is 5.65 Å². The van der Waals surface area contributed by atoms with Crippen molar-refractivity contribution in [3.8, 4) is 0 Å². The van der Waals surface area contributed by atoms with E-state index in [0.29, 0.717) is 28.5 Å². The van der Waals surface area contributed by atoms with Gasteiger partial charge in [0.2, 0.25) is 0 Å². The summed E-state index contributed by atoms with van der Waals surface area (Å²) in [6.07, 6.45) is 9.04. The molecule has 11 nitrogen and oxygen atoms in total. The molecule has 3 aromatic heterocycles. The number of nitrogens with zero attached hydrogens (tertiary/aromatic N) is 4. The fourth-order valence-corrected chi connectivity index (χ4v) is 5.11. The van der Waals surface area contributed by atoms with Crippen LogP contribution in [0.15, 0.2) is 35.4 Å². The molecule has 0 radical (unpaired) electrons. The van der Waals surface area contributed by atoms with E-state index < -0.39 is 0 Å². The van der Waals surface area contributed by atoms with E-state index >= 15 is 0 Å². The first kappa shape index (κ1) is 24.3. The van der Waals surface area contributed by atoms with Crippen LogP contribution in [-0.4, -0.2) is 64.6 Å². The topological polar surface area (TPSA) is 124 Å². The van der Waals surface area contributed by atoms with Gasteiger partial charge in [-0.1, -0.05) is 0 Å². The number of fused-ring (bicyclic) bond motifs is 1. The Kier molecular flexibility index (Phi) is 6.92. The van der Waals surface area contributed by atoms with Crippen molar-refractivity contribution in [1.29, 1.82) is 0 Å². The van der Waals surface area contributed by atoms with Crippen LogP contribution in [0, 0.1) is 0 Å². The van der Waals surface area contributed by atoms with E-state index in [2.05, 4.69) is 26.0 Å². The Morgan fingerprint density at radius 3 is 2.69 bits per heavy atom. The van der Waals surface area contributed by atoms with Gasteiger partial charge in [-0.3, -0.25) is 9.59 Å². The number of hydrogen-bond acceptors (Lipinski definition) is 8. The van der Waals surface area contributed by atoms with Crippen LogP contribution in [0.25, 0.3) is 5.65 Å². The van der Waals surface area contributed by atoms with E-state index in [1.807, 2.05) is 6.07 Å². The Labute approximate surface area is 209 Å². The fourth-order valence-electron chi connectivity index (χ4n) is 5.11. The van der Waals surface area contributed by atoms with Gasteiger partial charge in [-0.25, -0.2) is 4.98 Å². The molecule has 1 unspecified atom stereocenters. The van der Waals surface area contributed by atoms with E-state index in [1.165, 1.54) is 6.20 Å². The summed E-state index contributed by atoms with van der Waals surface area (Å²) >= 11 is 0. The zero-order chi connectivity index (χ0) is 25.2. The number of anilines is 3. The van der Waals surface area contributed by atoms with Crippen molar-refractivity contribution < 1.29 is 14.3 Å². The van der Waals surface area contributed by atoms with Crippen LogP contribution in [0.4, 0.5) is 17.3 Å². The van der Waals surface area contributed by atoms with E-state index in [0.717, 1.165) is 38.5 Å². The van der Waals surface area contributed by atoms with Crippen molar-refractivity contribution >= 4 is 28.9 Å². The van der Waals surface area contributed by atoms with Crippen LogP contribution in [0.2, 0.25) is 0 Å². The molecule has 0 spiro atoms. The van der Waals surface area contributed by atoms with Crippen molar-refractivity contribution in [3.05, 3.63) is 46.5 Å². The molecule has 2 atom stereocenters. The molecule has 2 aliphatic rings. The van der Waals surface area contributed by atoms with Gasteiger partial charge >= 0.3 is 0 Å². The number of hydrogen-bond donors (Lipinski definition) is 3. The van der Waals surface area contributed by atoms with E-state index in [-0.39, 0.29) is 35.8 Å². The normalized spacial score (nSPS) is 23.8. The average Bonchev–Trinajstić information content (AvgIpc) is 3.29. The van der Waals surface area contributed by atoms with Crippen LogP contribution in [0.3, 0.4) is 0 Å². The molecule has 192 valence electrons. The lowest BCUT2D eigenvalue weighted by atomic mass is 9.89. The summed E-state index contributed by atoms with van der Waals surface area (Å²) in [5.41, 5.74) is 1.07. The van der Waals surface area contributed by atoms with Gasteiger partial charge in [-0.15, -0.1) is 0 Å². The summed E-state index contributed by atoms with van der Waals surface area (Å²) in [5, 5.41) is 13.7. The third-order valence-electron chi connectivity index (χ3n) is 7.30. The van der Waals surface area contributed by atoms with Crippen LogP contribution in [0.1, 0.15) is 54.9 Å². The number of nitrogens with one attached hydrogen (secondary N) is 3. The molecule has 0 saturated heterocycles. The van der Waals surface area contributed by atoms with Gasteiger partial charge in [-0.2, -0.15) is 9.61 Å². The van der Waals surface area contributed by atoms with E-state index in [9.17, 15) is 9.59 Å². The summed E-state index contributed by atoms with van der Waals surface area (Å²) in [5.74, 6) is 0.854. The highest BCUT2D eigenvalue weighted by molar-refractivity contribution is 6.00. The van der Waals surface area contributed by atoms with Gasteiger partial charge in [0.1, 0.15) is 22.9 Å². The van der Waals surface area contributed by atoms with Crippen LogP contribution >= 0.6 is 0 Å². The number of pyridine rings is 1. The SMILES string of the molecule is CNc1cc(Nc2cccn([C@H]3C[C@H](OC)C3)c2=O)nc2c(C(=O)NC3CCC[C@H](OC)C3)cnn12. The second-order valence-corrected chi connectivity index (χ2v) is 9.51. The highest BCUT2D eigenvalue weighted by Crippen LogP contribution is 2.33. The predicted molar refractivity (Wildman–Crippen MR) is 136 cm³/mol. The Morgan fingerprint density at radius 1 is 1.14 bits per heavy atom. The largest absolute Gasteiger partial charge is 0.381 e. The van der Waals surface area contributed by atoms with Gasteiger partial charge in [0.05, 0.1) is 18.4 Å². The highest BCUT2D eigenvalue weighted by atomic mass is 16.5. The Morgan fingerprint density at radius 2 is 1.94 bits per heavy atom. The number of carbonyl (C=O) groups is 1. The van der Waals surface area contributed by atoms with Gasteiger partial charge in [0, 0.05) is 45.6 Å².